The van der Waals surface area contributed by atoms with Gasteiger partial charge in [-0.3, -0.25) is 9.59 Å². The summed E-state index contributed by atoms with van der Waals surface area (Å²) in [5.74, 6) is 0.255. The molecule has 2 atom stereocenters. The van der Waals surface area contributed by atoms with E-state index in [0.29, 0.717) is 31.9 Å². The van der Waals surface area contributed by atoms with Gasteiger partial charge in [0.15, 0.2) is 0 Å². The third-order valence-corrected chi connectivity index (χ3v) is 7.13. The van der Waals surface area contributed by atoms with Gasteiger partial charge in [0.2, 0.25) is 11.8 Å². The highest BCUT2D eigenvalue weighted by molar-refractivity contribution is 5.84. The summed E-state index contributed by atoms with van der Waals surface area (Å²) in [5.41, 5.74) is -0.838. The van der Waals surface area contributed by atoms with Gasteiger partial charge in [-0.15, -0.1) is 0 Å². The number of nitriles is 1. The monoisotopic (exact) mass is 448 g/mol. The van der Waals surface area contributed by atoms with Gasteiger partial charge in [-0.2, -0.15) is 18.4 Å². The fourth-order valence-electron chi connectivity index (χ4n) is 5.18. The Morgan fingerprint density at radius 3 is 2.38 bits per heavy atom. The number of nitrogens with one attached hydrogen (secondary N) is 1. The van der Waals surface area contributed by atoms with Crippen LogP contribution in [0.4, 0.5) is 18.9 Å². The van der Waals surface area contributed by atoms with Crippen LogP contribution in [0.5, 0.6) is 0 Å². The number of halogens is 3. The molecule has 2 aliphatic heterocycles. The third-order valence-electron chi connectivity index (χ3n) is 7.13. The summed E-state index contributed by atoms with van der Waals surface area (Å²) in [5, 5.41) is 11.7. The number of likely N-dealkylation sites (tertiary alicyclic amines) is 1. The predicted octanol–water partition coefficient (Wildman–Crippen LogP) is 3.02. The molecule has 1 aromatic carbocycles. The van der Waals surface area contributed by atoms with Crippen molar-refractivity contribution in [2.24, 2.45) is 23.7 Å². The normalized spacial score (nSPS) is 24.3. The summed E-state index contributed by atoms with van der Waals surface area (Å²) in [6, 6.07) is 5.46. The van der Waals surface area contributed by atoms with Gasteiger partial charge < -0.3 is 15.1 Å². The highest BCUT2D eigenvalue weighted by atomic mass is 19.4. The first kappa shape index (κ1) is 22.4. The molecule has 1 N–H and O–H groups in total. The summed E-state index contributed by atoms with van der Waals surface area (Å²) >= 11 is 0. The second-order valence-electron chi connectivity index (χ2n) is 9.07. The van der Waals surface area contributed by atoms with Gasteiger partial charge in [-0.1, -0.05) is 0 Å². The second-order valence-corrected chi connectivity index (χ2v) is 9.07. The fourth-order valence-corrected chi connectivity index (χ4v) is 5.18. The Labute approximate surface area is 185 Å². The van der Waals surface area contributed by atoms with Crippen molar-refractivity contribution in [1.29, 1.82) is 5.26 Å². The first-order chi connectivity index (χ1) is 15.2. The quantitative estimate of drug-likeness (QED) is 0.768. The molecular formula is C23H27F3N4O2. The van der Waals surface area contributed by atoms with Crippen LogP contribution in [0.25, 0.3) is 0 Å². The van der Waals surface area contributed by atoms with Crippen LogP contribution in [0.15, 0.2) is 18.2 Å². The molecule has 6 nitrogen and oxygen atoms in total. The van der Waals surface area contributed by atoms with E-state index in [4.69, 9.17) is 5.26 Å². The van der Waals surface area contributed by atoms with E-state index in [0.717, 1.165) is 31.7 Å². The Bertz CT molecular complexity index is 930. The van der Waals surface area contributed by atoms with Crippen molar-refractivity contribution < 1.29 is 22.8 Å². The van der Waals surface area contributed by atoms with Crippen LogP contribution in [0, 0.1) is 35.0 Å². The van der Waals surface area contributed by atoms with Gasteiger partial charge in [0.05, 0.1) is 23.1 Å². The van der Waals surface area contributed by atoms with Crippen molar-refractivity contribution in [3.05, 3.63) is 29.3 Å². The number of hydrogen-bond donors (Lipinski definition) is 1. The van der Waals surface area contributed by atoms with Crippen molar-refractivity contribution in [3.63, 3.8) is 0 Å². The minimum atomic E-state index is -4.58. The second kappa shape index (κ2) is 8.64. The van der Waals surface area contributed by atoms with Crippen LogP contribution in [0.2, 0.25) is 0 Å². The first-order valence-electron chi connectivity index (χ1n) is 11.1. The minimum absolute atomic E-state index is 0.0505. The average molecular weight is 448 g/mol. The number of nitrogens with zero attached hydrogens (tertiary/aromatic N) is 3. The zero-order valence-corrected chi connectivity index (χ0v) is 18.0. The molecule has 2 saturated heterocycles. The minimum Gasteiger partial charge on any atom is -0.372 e. The van der Waals surface area contributed by atoms with Crippen LogP contribution in [0.3, 0.4) is 0 Å². The lowest BCUT2D eigenvalue weighted by molar-refractivity contribution is -0.137. The number of amides is 2. The lowest BCUT2D eigenvalue weighted by atomic mass is 9.78. The number of anilines is 1. The summed E-state index contributed by atoms with van der Waals surface area (Å²) < 4.78 is 40.0. The number of rotatable bonds is 4. The average Bonchev–Trinajstić information content (AvgIpc) is 3.55. The molecule has 1 aliphatic carbocycles. The lowest BCUT2D eigenvalue weighted by Gasteiger charge is -2.37. The zero-order valence-electron chi connectivity index (χ0n) is 18.0. The maximum Gasteiger partial charge on any atom is 0.417 e. The molecule has 0 bridgehead atoms. The van der Waals surface area contributed by atoms with Crippen molar-refractivity contribution in [3.8, 4) is 6.07 Å². The van der Waals surface area contributed by atoms with Crippen LogP contribution in [-0.4, -0.2) is 49.9 Å². The van der Waals surface area contributed by atoms with Gasteiger partial charge in [-0.25, -0.2) is 0 Å². The van der Waals surface area contributed by atoms with Crippen LogP contribution in [-0.2, 0) is 15.8 Å². The number of carbonyl (C=O) groups is 2. The molecule has 3 aliphatic rings. The summed E-state index contributed by atoms with van der Waals surface area (Å²) in [7, 11) is 1.61. The van der Waals surface area contributed by atoms with Crippen molar-refractivity contribution in [1.82, 2.24) is 10.2 Å². The molecule has 1 saturated carbocycles. The van der Waals surface area contributed by atoms with Crippen molar-refractivity contribution >= 4 is 17.5 Å². The molecule has 32 heavy (non-hydrogen) atoms. The Balaban J connectivity index is 1.45. The van der Waals surface area contributed by atoms with E-state index < -0.39 is 11.7 Å². The Kier molecular flexibility index (Phi) is 6.06. The van der Waals surface area contributed by atoms with Crippen molar-refractivity contribution in [2.45, 2.75) is 31.9 Å². The molecule has 0 unspecified atom stereocenters. The molecule has 0 aromatic heterocycles. The van der Waals surface area contributed by atoms with Gasteiger partial charge in [-0.05, 0) is 55.7 Å². The number of carbonyl (C=O) groups excluding carboxylic acids is 2. The van der Waals surface area contributed by atoms with Crippen LogP contribution < -0.4 is 10.2 Å². The van der Waals surface area contributed by atoms with Gasteiger partial charge >= 0.3 is 6.18 Å². The highest BCUT2D eigenvalue weighted by Crippen LogP contribution is 2.40. The molecule has 9 heteroatoms. The van der Waals surface area contributed by atoms with Crippen LogP contribution in [0.1, 0.15) is 36.8 Å². The standard InChI is InChI=1S/C23H27F3N4O2/c1-28-21(31)19-13-30(22(32)15-2-3-15)12-18(19)14-6-8-29(9-7-14)17-5-4-16(11-27)20(10-17)23(24,25)26/h4-5,10,14-15,18-19H,2-3,6-9,12-13H2,1H3,(H,28,31)/t18-,19+/m0/s1. The first-order valence-corrected chi connectivity index (χ1v) is 11.1. The molecule has 2 heterocycles. The SMILES string of the molecule is CNC(=O)[C@@H]1CN(C(=O)C2CC2)C[C@H]1C1CCN(c2ccc(C#N)c(C(F)(F)F)c2)CC1. The molecule has 0 radical (unpaired) electrons. The summed E-state index contributed by atoms with van der Waals surface area (Å²) in [6.45, 7) is 2.17. The molecule has 0 spiro atoms. The predicted molar refractivity (Wildman–Crippen MR) is 111 cm³/mol. The molecule has 1 aromatic rings. The lowest BCUT2D eigenvalue weighted by Crippen LogP contribution is -2.41. The van der Waals surface area contributed by atoms with Gasteiger partial charge in [0.25, 0.3) is 0 Å². The van der Waals surface area contributed by atoms with Gasteiger partial charge in [0.1, 0.15) is 0 Å². The van der Waals surface area contributed by atoms with E-state index in [1.165, 1.54) is 6.07 Å². The largest absolute Gasteiger partial charge is 0.417 e. The number of benzene rings is 1. The maximum atomic E-state index is 13.3. The number of piperidine rings is 1. The van der Waals surface area contributed by atoms with E-state index in [-0.39, 0.29) is 41.0 Å². The molecule has 172 valence electrons. The van der Waals surface area contributed by atoms with E-state index in [2.05, 4.69) is 5.32 Å². The Morgan fingerprint density at radius 2 is 1.81 bits per heavy atom. The third kappa shape index (κ3) is 4.41. The molecule has 3 fully saturated rings. The smallest absolute Gasteiger partial charge is 0.372 e. The molecule has 2 amide bonds. The Morgan fingerprint density at radius 1 is 1.12 bits per heavy atom. The highest BCUT2D eigenvalue weighted by Gasteiger charge is 2.46. The molecule has 4 rings (SSSR count). The maximum absolute atomic E-state index is 13.3. The fraction of sp³-hybridized carbons (Fsp3) is 0.609. The van der Waals surface area contributed by atoms with Crippen LogP contribution >= 0.6 is 0 Å². The van der Waals surface area contributed by atoms with E-state index >= 15 is 0 Å². The van der Waals surface area contributed by atoms with Gasteiger partial charge in [0, 0.05) is 44.8 Å². The van der Waals surface area contributed by atoms with Crippen molar-refractivity contribution in [2.75, 3.05) is 38.1 Å². The van der Waals surface area contributed by atoms with E-state index in [1.807, 2.05) is 9.80 Å². The number of hydrogen-bond acceptors (Lipinski definition) is 4. The number of alkyl halides is 3. The zero-order chi connectivity index (χ0) is 23.0. The summed E-state index contributed by atoms with van der Waals surface area (Å²) in [6.07, 6.45) is -1.25. The summed E-state index contributed by atoms with van der Waals surface area (Å²) in [4.78, 5) is 28.8. The molecular weight excluding hydrogens is 421 g/mol. The van der Waals surface area contributed by atoms with E-state index in [9.17, 15) is 22.8 Å². The topological polar surface area (TPSA) is 76.4 Å². The van der Waals surface area contributed by atoms with E-state index in [1.54, 1.807) is 19.2 Å². The Hall–Kier alpha value is -2.76.